The minimum atomic E-state index is -0.517. The topological polar surface area (TPSA) is 90.4 Å². The van der Waals surface area contributed by atoms with Crippen LogP contribution in [0.3, 0.4) is 0 Å². The van der Waals surface area contributed by atoms with Crippen molar-refractivity contribution in [2.24, 2.45) is 0 Å². The van der Waals surface area contributed by atoms with E-state index in [0.717, 1.165) is 11.4 Å². The van der Waals surface area contributed by atoms with Gasteiger partial charge in [0, 0.05) is 12.6 Å². The van der Waals surface area contributed by atoms with Gasteiger partial charge in [0.25, 0.3) is 0 Å². The number of ether oxygens (including phenoxy) is 1. The second-order valence-corrected chi connectivity index (χ2v) is 4.60. The van der Waals surface area contributed by atoms with Crippen LogP contribution < -0.4 is 4.74 Å². The van der Waals surface area contributed by atoms with Gasteiger partial charge in [-0.25, -0.2) is 0 Å². The molecular formula is C14H17N3O4. The van der Waals surface area contributed by atoms with E-state index in [2.05, 4.69) is 5.10 Å². The maximum absolute atomic E-state index is 11.1. The van der Waals surface area contributed by atoms with Gasteiger partial charge in [-0.3, -0.25) is 14.8 Å². The SMILES string of the molecule is CCn1nc(C)cc1COc1ccc(CO)cc1[N+](=O)[O-]. The predicted octanol–water partition coefficient (Wildman–Crippen LogP) is 2.19. The lowest BCUT2D eigenvalue weighted by Gasteiger charge is -2.08. The Balaban J connectivity index is 2.21. The first-order chi connectivity index (χ1) is 10.0. The molecule has 0 bridgehead atoms. The summed E-state index contributed by atoms with van der Waals surface area (Å²) >= 11 is 0. The molecule has 0 unspecified atom stereocenters. The molecule has 1 aromatic carbocycles. The fourth-order valence-corrected chi connectivity index (χ4v) is 2.07. The second-order valence-electron chi connectivity index (χ2n) is 4.60. The Morgan fingerprint density at radius 1 is 1.43 bits per heavy atom. The normalized spacial score (nSPS) is 10.6. The molecule has 21 heavy (non-hydrogen) atoms. The van der Waals surface area contributed by atoms with Gasteiger partial charge in [0.2, 0.25) is 0 Å². The molecule has 0 saturated heterocycles. The van der Waals surface area contributed by atoms with Crippen LogP contribution in [-0.4, -0.2) is 19.8 Å². The highest BCUT2D eigenvalue weighted by molar-refractivity contribution is 5.48. The minimum absolute atomic E-state index is 0.152. The summed E-state index contributed by atoms with van der Waals surface area (Å²) in [6.45, 7) is 4.51. The molecular weight excluding hydrogens is 274 g/mol. The van der Waals surface area contributed by atoms with Crippen LogP contribution in [0.2, 0.25) is 0 Å². The molecule has 0 aliphatic heterocycles. The number of nitro benzene ring substituents is 1. The molecule has 112 valence electrons. The van der Waals surface area contributed by atoms with Crippen molar-refractivity contribution in [3.63, 3.8) is 0 Å². The van der Waals surface area contributed by atoms with Gasteiger partial charge in [0.05, 0.1) is 22.9 Å². The van der Waals surface area contributed by atoms with Crippen molar-refractivity contribution in [2.75, 3.05) is 0 Å². The molecule has 0 fully saturated rings. The number of aliphatic hydroxyl groups excluding tert-OH is 1. The Labute approximate surface area is 121 Å². The number of aromatic nitrogens is 2. The zero-order valence-electron chi connectivity index (χ0n) is 11.9. The zero-order chi connectivity index (χ0) is 15.4. The molecule has 0 saturated carbocycles. The van der Waals surface area contributed by atoms with E-state index in [1.807, 2.05) is 19.9 Å². The van der Waals surface area contributed by atoms with Gasteiger partial charge >= 0.3 is 5.69 Å². The summed E-state index contributed by atoms with van der Waals surface area (Å²) in [5.74, 6) is 0.179. The van der Waals surface area contributed by atoms with Crippen LogP contribution in [0.1, 0.15) is 23.9 Å². The molecule has 1 heterocycles. The summed E-state index contributed by atoms with van der Waals surface area (Å²) in [6, 6.07) is 6.31. The quantitative estimate of drug-likeness (QED) is 0.650. The molecule has 7 heteroatoms. The number of aryl methyl sites for hydroxylation is 2. The van der Waals surface area contributed by atoms with E-state index < -0.39 is 4.92 Å². The highest BCUT2D eigenvalue weighted by Crippen LogP contribution is 2.28. The maximum Gasteiger partial charge on any atom is 0.311 e. The van der Waals surface area contributed by atoms with Crippen molar-refractivity contribution in [1.82, 2.24) is 9.78 Å². The molecule has 7 nitrogen and oxygen atoms in total. The number of rotatable bonds is 6. The predicted molar refractivity (Wildman–Crippen MR) is 76.0 cm³/mol. The summed E-state index contributed by atoms with van der Waals surface area (Å²) in [7, 11) is 0. The fourth-order valence-electron chi connectivity index (χ4n) is 2.07. The Hall–Kier alpha value is -2.41. The second kappa shape index (κ2) is 6.36. The number of nitrogens with zero attached hydrogens (tertiary/aromatic N) is 3. The van der Waals surface area contributed by atoms with E-state index in [0.29, 0.717) is 12.1 Å². The first-order valence-electron chi connectivity index (χ1n) is 6.59. The lowest BCUT2D eigenvalue weighted by molar-refractivity contribution is -0.386. The van der Waals surface area contributed by atoms with Crippen LogP contribution in [0.25, 0.3) is 0 Å². The molecule has 2 aromatic rings. The molecule has 0 amide bonds. The number of hydrogen-bond acceptors (Lipinski definition) is 5. The number of nitro groups is 1. The summed E-state index contributed by atoms with van der Waals surface area (Å²) in [4.78, 5) is 10.5. The maximum atomic E-state index is 11.1. The summed E-state index contributed by atoms with van der Waals surface area (Å²) in [6.07, 6.45) is 0. The highest BCUT2D eigenvalue weighted by atomic mass is 16.6. The van der Waals surface area contributed by atoms with Crippen molar-refractivity contribution < 1.29 is 14.8 Å². The summed E-state index contributed by atoms with van der Waals surface area (Å²) < 4.78 is 7.35. The van der Waals surface area contributed by atoms with E-state index >= 15 is 0 Å². The first kappa shape index (κ1) is 15.0. The standard InChI is InChI=1S/C14H17N3O4/c1-3-16-12(6-10(2)15-16)9-21-14-5-4-11(8-18)7-13(14)17(19)20/h4-7,18H,3,8-9H2,1-2H3. The smallest absolute Gasteiger partial charge is 0.311 e. The Morgan fingerprint density at radius 3 is 2.81 bits per heavy atom. The average Bonchev–Trinajstić information content (AvgIpc) is 2.84. The van der Waals surface area contributed by atoms with E-state index in [1.54, 1.807) is 10.7 Å². The third kappa shape index (κ3) is 3.38. The lowest BCUT2D eigenvalue weighted by atomic mass is 10.2. The van der Waals surface area contributed by atoms with Crippen LogP contribution >= 0.6 is 0 Å². The monoisotopic (exact) mass is 291 g/mol. The first-order valence-corrected chi connectivity index (χ1v) is 6.59. The van der Waals surface area contributed by atoms with Gasteiger partial charge in [0.1, 0.15) is 6.61 Å². The van der Waals surface area contributed by atoms with Crippen molar-refractivity contribution in [2.45, 2.75) is 33.6 Å². The summed E-state index contributed by atoms with van der Waals surface area (Å²) in [5.41, 5.74) is 2.06. The molecule has 1 aromatic heterocycles. The van der Waals surface area contributed by atoms with Gasteiger partial charge in [-0.2, -0.15) is 5.10 Å². The largest absolute Gasteiger partial charge is 0.480 e. The van der Waals surface area contributed by atoms with Crippen LogP contribution in [0.15, 0.2) is 24.3 Å². The van der Waals surface area contributed by atoms with Crippen LogP contribution in [-0.2, 0) is 19.8 Å². The van der Waals surface area contributed by atoms with Crippen LogP contribution in [0.4, 0.5) is 5.69 Å². The van der Waals surface area contributed by atoms with Crippen LogP contribution in [0.5, 0.6) is 5.75 Å². The van der Waals surface area contributed by atoms with Gasteiger partial charge in [-0.05, 0) is 31.5 Å². The van der Waals surface area contributed by atoms with Crippen LogP contribution in [0, 0.1) is 17.0 Å². The number of benzene rings is 1. The van der Waals surface area contributed by atoms with Gasteiger partial charge in [-0.15, -0.1) is 0 Å². The Kier molecular flexibility index (Phi) is 4.54. The molecule has 2 rings (SSSR count). The highest BCUT2D eigenvalue weighted by Gasteiger charge is 2.16. The minimum Gasteiger partial charge on any atom is -0.480 e. The van der Waals surface area contributed by atoms with E-state index in [1.165, 1.54) is 12.1 Å². The van der Waals surface area contributed by atoms with Gasteiger partial charge < -0.3 is 9.84 Å². The molecule has 0 spiro atoms. The number of hydrogen-bond donors (Lipinski definition) is 1. The molecule has 0 atom stereocenters. The third-order valence-electron chi connectivity index (χ3n) is 3.06. The van der Waals surface area contributed by atoms with Crippen molar-refractivity contribution in [1.29, 1.82) is 0 Å². The lowest BCUT2D eigenvalue weighted by Crippen LogP contribution is -2.07. The molecule has 1 N–H and O–H groups in total. The Morgan fingerprint density at radius 2 is 2.19 bits per heavy atom. The molecule has 0 radical (unpaired) electrons. The molecule has 0 aliphatic carbocycles. The van der Waals surface area contributed by atoms with Gasteiger partial charge in [-0.1, -0.05) is 6.07 Å². The van der Waals surface area contributed by atoms with E-state index in [9.17, 15) is 10.1 Å². The summed E-state index contributed by atoms with van der Waals surface area (Å²) in [5, 5.41) is 24.4. The van der Waals surface area contributed by atoms with Crippen molar-refractivity contribution in [3.05, 3.63) is 51.3 Å². The molecule has 0 aliphatic rings. The van der Waals surface area contributed by atoms with E-state index in [-0.39, 0.29) is 24.7 Å². The van der Waals surface area contributed by atoms with Crippen molar-refractivity contribution in [3.8, 4) is 5.75 Å². The average molecular weight is 291 g/mol. The van der Waals surface area contributed by atoms with Gasteiger partial charge in [0.15, 0.2) is 5.75 Å². The third-order valence-corrected chi connectivity index (χ3v) is 3.06. The number of aliphatic hydroxyl groups is 1. The Bertz CT molecular complexity index is 652. The van der Waals surface area contributed by atoms with E-state index in [4.69, 9.17) is 9.84 Å². The fraction of sp³-hybridized carbons (Fsp3) is 0.357. The zero-order valence-corrected chi connectivity index (χ0v) is 11.9. The van der Waals surface area contributed by atoms with Crippen molar-refractivity contribution >= 4 is 5.69 Å².